The molecule has 0 aliphatic carbocycles. The lowest BCUT2D eigenvalue weighted by Crippen LogP contribution is -2.60. The number of carboxylic acid groups (broad SMARTS) is 1. The Balaban J connectivity index is 3.13. The van der Waals surface area contributed by atoms with E-state index in [0.29, 0.717) is 0 Å². The van der Waals surface area contributed by atoms with E-state index in [0.717, 1.165) is 0 Å². The van der Waals surface area contributed by atoms with Crippen LogP contribution in [0.25, 0.3) is 0 Å². The average molecular weight is 413 g/mol. The first-order valence-electron chi connectivity index (χ1n) is 6.10. The summed E-state index contributed by atoms with van der Waals surface area (Å²) in [7, 11) is 0. The number of hydrogen-bond acceptors (Lipinski definition) is 6. The number of rotatable bonds is 4. The number of alkyl halides is 1. The summed E-state index contributed by atoms with van der Waals surface area (Å²) in [4.78, 5) is 47.2. The van der Waals surface area contributed by atoms with Crippen molar-refractivity contribution in [3.8, 4) is 0 Å². The fourth-order valence-corrected chi connectivity index (χ4v) is 2.33. The molecular formula is C12H16INO7. The molecule has 0 aromatic heterocycles. The number of ketones is 1. The molecule has 8 nitrogen and oxygen atoms in total. The van der Waals surface area contributed by atoms with Crippen molar-refractivity contribution >= 4 is 46.4 Å². The standard InChI is InChI=1S/C12H16INO7/c1-5(2)12(13,14-10(18)19)7(15)6-8(16)20-11(3,4)21-9(6)17/h5-6,14H,1-4H3,(H,18,19). The quantitative estimate of drug-likeness (QED) is 0.233. The number of carbonyl (C=O) groups excluding carboxylic acids is 3. The van der Waals surface area contributed by atoms with Gasteiger partial charge in [-0.15, -0.1) is 0 Å². The van der Waals surface area contributed by atoms with Crippen molar-refractivity contribution in [3.63, 3.8) is 0 Å². The van der Waals surface area contributed by atoms with Crippen LogP contribution in [-0.2, 0) is 23.9 Å². The summed E-state index contributed by atoms with van der Waals surface area (Å²) < 4.78 is 8.11. The van der Waals surface area contributed by atoms with Crippen LogP contribution in [0.2, 0.25) is 0 Å². The maximum absolute atomic E-state index is 12.5. The molecule has 1 rings (SSSR count). The minimum atomic E-state index is -1.80. The summed E-state index contributed by atoms with van der Waals surface area (Å²) in [5, 5.41) is 10.9. The van der Waals surface area contributed by atoms with Crippen molar-refractivity contribution < 1.29 is 33.8 Å². The van der Waals surface area contributed by atoms with Crippen molar-refractivity contribution in [1.29, 1.82) is 0 Å². The van der Waals surface area contributed by atoms with E-state index in [9.17, 15) is 19.2 Å². The van der Waals surface area contributed by atoms with Crippen molar-refractivity contribution in [2.75, 3.05) is 0 Å². The second-order valence-corrected chi connectivity index (χ2v) is 7.04. The minimum absolute atomic E-state index is 0.503. The first kappa shape index (κ1) is 17.7. The Hall–Kier alpha value is -1.39. The second kappa shape index (κ2) is 5.78. The van der Waals surface area contributed by atoms with E-state index in [1.54, 1.807) is 36.4 Å². The van der Waals surface area contributed by atoms with Gasteiger partial charge in [-0.1, -0.05) is 13.8 Å². The van der Waals surface area contributed by atoms with E-state index < -0.39 is 45.0 Å². The van der Waals surface area contributed by atoms with Crippen LogP contribution >= 0.6 is 22.6 Å². The Morgan fingerprint density at radius 3 is 2.05 bits per heavy atom. The lowest BCUT2D eigenvalue weighted by Gasteiger charge is -2.36. The molecule has 1 amide bonds. The zero-order valence-corrected chi connectivity index (χ0v) is 14.1. The second-order valence-electron chi connectivity index (χ2n) is 5.34. The monoisotopic (exact) mass is 413 g/mol. The molecule has 0 aromatic rings. The fourth-order valence-electron chi connectivity index (χ4n) is 1.79. The number of ether oxygens (including phenoxy) is 2. The van der Waals surface area contributed by atoms with Crippen LogP contribution < -0.4 is 5.32 Å². The predicted molar refractivity (Wildman–Crippen MR) is 77.5 cm³/mol. The third-order valence-corrected chi connectivity index (χ3v) is 4.92. The molecule has 9 heteroatoms. The van der Waals surface area contributed by atoms with Gasteiger partial charge in [0.2, 0.25) is 5.92 Å². The molecule has 1 saturated heterocycles. The molecule has 2 N–H and O–H groups in total. The van der Waals surface area contributed by atoms with E-state index in [1.165, 1.54) is 13.8 Å². The van der Waals surface area contributed by atoms with Gasteiger partial charge in [0.15, 0.2) is 9.33 Å². The van der Waals surface area contributed by atoms with Crippen molar-refractivity contribution in [2.24, 2.45) is 11.8 Å². The molecule has 0 saturated carbocycles. The highest BCUT2D eigenvalue weighted by molar-refractivity contribution is 14.1. The first-order chi connectivity index (χ1) is 9.40. The summed E-state index contributed by atoms with van der Waals surface area (Å²) in [5.41, 5.74) is 0. The van der Waals surface area contributed by atoms with Crippen molar-refractivity contribution in [1.82, 2.24) is 5.32 Å². The Morgan fingerprint density at radius 1 is 1.29 bits per heavy atom. The van der Waals surface area contributed by atoms with Crippen LogP contribution in [0.1, 0.15) is 27.7 Å². The Bertz CT molecular complexity index is 482. The van der Waals surface area contributed by atoms with Crippen molar-refractivity contribution in [2.45, 2.75) is 37.0 Å². The van der Waals surface area contributed by atoms with E-state index in [-0.39, 0.29) is 0 Å². The Labute approximate surface area is 134 Å². The topological polar surface area (TPSA) is 119 Å². The summed E-state index contributed by atoms with van der Waals surface area (Å²) >= 11 is 1.58. The molecule has 0 aromatic carbocycles. The van der Waals surface area contributed by atoms with E-state index in [4.69, 9.17) is 14.6 Å². The fraction of sp³-hybridized carbons (Fsp3) is 0.667. The number of carbonyl (C=O) groups is 4. The Morgan fingerprint density at radius 2 is 1.71 bits per heavy atom. The molecule has 1 aliphatic heterocycles. The molecule has 118 valence electrons. The molecule has 21 heavy (non-hydrogen) atoms. The number of Topliss-reactive ketones (excluding diaryl/α,β-unsaturated/α-hetero) is 1. The van der Waals surface area contributed by atoms with Crippen LogP contribution in [0.3, 0.4) is 0 Å². The van der Waals surface area contributed by atoms with Gasteiger partial charge in [-0.2, -0.15) is 0 Å². The molecule has 1 aliphatic rings. The predicted octanol–water partition coefficient (Wildman–Crippen LogP) is 1.06. The van der Waals surface area contributed by atoms with E-state index in [1.807, 2.05) is 0 Å². The largest absolute Gasteiger partial charge is 0.465 e. The van der Waals surface area contributed by atoms with Crippen LogP contribution in [0.15, 0.2) is 0 Å². The van der Waals surface area contributed by atoms with Crippen LogP contribution in [0.4, 0.5) is 4.79 Å². The lowest BCUT2D eigenvalue weighted by molar-refractivity contribution is -0.238. The number of halogens is 1. The zero-order chi connectivity index (χ0) is 16.6. The highest BCUT2D eigenvalue weighted by atomic mass is 127. The van der Waals surface area contributed by atoms with Gasteiger partial charge in [-0.3, -0.25) is 19.7 Å². The molecule has 1 heterocycles. The number of hydrogen-bond donors (Lipinski definition) is 2. The number of cyclic esters (lactones) is 2. The van der Waals surface area contributed by atoms with Gasteiger partial charge >= 0.3 is 18.0 Å². The van der Waals surface area contributed by atoms with Gasteiger partial charge in [-0.05, 0) is 28.5 Å². The number of esters is 2. The smallest absolute Gasteiger partial charge is 0.406 e. The third-order valence-electron chi connectivity index (χ3n) is 2.87. The van der Waals surface area contributed by atoms with Crippen molar-refractivity contribution in [3.05, 3.63) is 0 Å². The van der Waals surface area contributed by atoms with E-state index >= 15 is 0 Å². The number of amides is 1. The van der Waals surface area contributed by atoms with Gasteiger partial charge in [0.25, 0.3) is 5.79 Å². The Kier molecular flexibility index (Phi) is 4.86. The molecular weight excluding hydrogens is 397 g/mol. The van der Waals surface area contributed by atoms with Gasteiger partial charge in [0.1, 0.15) is 0 Å². The highest BCUT2D eigenvalue weighted by Crippen LogP contribution is 2.33. The van der Waals surface area contributed by atoms with Crippen LogP contribution in [-0.4, -0.2) is 38.3 Å². The molecule has 0 bridgehead atoms. The third kappa shape index (κ3) is 3.63. The molecule has 1 fully saturated rings. The number of nitrogens with one attached hydrogen (secondary N) is 1. The molecule has 0 spiro atoms. The minimum Gasteiger partial charge on any atom is -0.465 e. The molecule has 1 unspecified atom stereocenters. The maximum Gasteiger partial charge on any atom is 0.406 e. The maximum atomic E-state index is 12.5. The highest BCUT2D eigenvalue weighted by Gasteiger charge is 2.54. The lowest BCUT2D eigenvalue weighted by atomic mass is 9.90. The zero-order valence-electron chi connectivity index (χ0n) is 11.9. The summed E-state index contributed by atoms with van der Waals surface area (Å²) in [6, 6.07) is 0. The first-order valence-corrected chi connectivity index (χ1v) is 7.18. The van der Waals surface area contributed by atoms with Gasteiger partial charge < -0.3 is 14.6 Å². The molecule has 1 atom stereocenters. The van der Waals surface area contributed by atoms with Gasteiger partial charge in [-0.25, -0.2) is 4.79 Å². The summed E-state index contributed by atoms with van der Waals surface area (Å²) in [6.07, 6.45) is -1.44. The average Bonchev–Trinajstić information content (AvgIpc) is 2.24. The molecule has 0 radical (unpaired) electrons. The van der Waals surface area contributed by atoms with Crippen LogP contribution in [0, 0.1) is 11.8 Å². The van der Waals surface area contributed by atoms with Crippen LogP contribution in [0.5, 0.6) is 0 Å². The van der Waals surface area contributed by atoms with Gasteiger partial charge in [0, 0.05) is 13.8 Å². The van der Waals surface area contributed by atoms with E-state index in [2.05, 4.69) is 5.32 Å². The SMILES string of the molecule is CC(C)C(I)(NC(=O)O)C(=O)C1C(=O)OC(C)(C)OC1=O. The summed E-state index contributed by atoms with van der Waals surface area (Å²) in [6.45, 7) is 5.89. The normalized spacial score (nSPS) is 21.2. The van der Waals surface area contributed by atoms with Gasteiger partial charge in [0.05, 0.1) is 0 Å². The summed E-state index contributed by atoms with van der Waals surface area (Å²) in [5.74, 6) is -6.76.